The molecule has 0 radical (unpaired) electrons. The highest BCUT2D eigenvalue weighted by molar-refractivity contribution is 7.92. The fraction of sp³-hybridized carbons (Fsp3) is 0.227. The van der Waals surface area contributed by atoms with Crippen molar-refractivity contribution in [3.05, 3.63) is 59.3 Å². The van der Waals surface area contributed by atoms with Crippen LogP contribution in [0.1, 0.15) is 16.8 Å². The Morgan fingerprint density at radius 1 is 1.12 bits per heavy atom. The van der Waals surface area contributed by atoms with Gasteiger partial charge in [0.2, 0.25) is 11.0 Å². The monoisotopic (exact) mass is 470 g/mol. The van der Waals surface area contributed by atoms with Gasteiger partial charge in [0, 0.05) is 6.07 Å². The first-order valence-electron chi connectivity index (χ1n) is 9.78. The number of thiazole rings is 1. The topological polar surface area (TPSA) is 103 Å². The standard InChI is InChI=1S/C22H22N4O4S2/c1-13-9-14(2)21-18(10-13)31-22(24-21)26-19(11-15(3)25-26)23-20(27)12-32(28,29)17-7-5-16(30-4)6-8-17/h5-11H,12H2,1-4H3,(H,23,27). The first-order chi connectivity index (χ1) is 15.2. The van der Waals surface area contributed by atoms with Crippen LogP contribution in [-0.4, -0.2) is 42.0 Å². The van der Waals surface area contributed by atoms with Crippen molar-refractivity contribution in [1.82, 2.24) is 14.8 Å². The molecule has 0 spiro atoms. The molecule has 0 aliphatic rings. The first kappa shape index (κ1) is 22.0. The molecule has 2 aromatic heterocycles. The molecule has 1 N–H and O–H groups in total. The molecule has 10 heteroatoms. The number of nitrogens with zero attached hydrogens (tertiary/aromatic N) is 3. The molecule has 4 aromatic rings. The van der Waals surface area contributed by atoms with Gasteiger partial charge in [0.05, 0.1) is 27.9 Å². The summed E-state index contributed by atoms with van der Waals surface area (Å²) in [6.07, 6.45) is 0. The number of aryl methyl sites for hydroxylation is 3. The van der Waals surface area contributed by atoms with Crippen LogP contribution in [0.2, 0.25) is 0 Å². The molecule has 8 nitrogen and oxygen atoms in total. The summed E-state index contributed by atoms with van der Waals surface area (Å²) in [5.74, 6) is -0.447. The second kappa shape index (κ2) is 8.36. The van der Waals surface area contributed by atoms with Gasteiger partial charge >= 0.3 is 0 Å². The van der Waals surface area contributed by atoms with Crippen LogP contribution in [0.5, 0.6) is 5.75 Å². The Morgan fingerprint density at radius 3 is 2.53 bits per heavy atom. The van der Waals surface area contributed by atoms with Gasteiger partial charge in [-0.2, -0.15) is 9.78 Å². The smallest absolute Gasteiger partial charge is 0.241 e. The van der Waals surface area contributed by atoms with E-state index in [4.69, 9.17) is 4.74 Å². The van der Waals surface area contributed by atoms with Crippen molar-refractivity contribution in [3.8, 4) is 10.9 Å². The maximum atomic E-state index is 12.6. The molecule has 0 unspecified atom stereocenters. The van der Waals surface area contributed by atoms with Gasteiger partial charge in [-0.3, -0.25) is 4.79 Å². The lowest BCUT2D eigenvalue weighted by Gasteiger charge is -2.08. The number of hydrogen-bond acceptors (Lipinski definition) is 7. The third-order valence-corrected chi connectivity index (χ3v) is 7.45. The van der Waals surface area contributed by atoms with E-state index in [0.717, 1.165) is 21.3 Å². The van der Waals surface area contributed by atoms with Crippen molar-refractivity contribution in [2.45, 2.75) is 25.7 Å². The van der Waals surface area contributed by atoms with Crippen molar-refractivity contribution in [2.75, 3.05) is 18.2 Å². The Bertz CT molecular complexity index is 1420. The molecular formula is C22H22N4O4S2. The summed E-state index contributed by atoms with van der Waals surface area (Å²) in [7, 11) is -2.32. The fourth-order valence-electron chi connectivity index (χ4n) is 3.40. The number of rotatable bonds is 6. The van der Waals surface area contributed by atoms with Gasteiger partial charge in [0.1, 0.15) is 17.3 Å². The van der Waals surface area contributed by atoms with E-state index in [0.29, 0.717) is 22.4 Å². The van der Waals surface area contributed by atoms with Crippen LogP contribution in [0.15, 0.2) is 47.4 Å². The molecule has 0 bridgehead atoms. The molecular weight excluding hydrogens is 448 g/mol. The van der Waals surface area contributed by atoms with E-state index in [-0.39, 0.29) is 4.90 Å². The van der Waals surface area contributed by atoms with E-state index < -0.39 is 21.5 Å². The van der Waals surface area contributed by atoms with Gasteiger partial charge in [-0.15, -0.1) is 0 Å². The summed E-state index contributed by atoms with van der Waals surface area (Å²) in [5, 5.41) is 7.71. The Labute approximate surface area is 189 Å². The number of sulfone groups is 1. The van der Waals surface area contributed by atoms with Crippen molar-refractivity contribution in [3.63, 3.8) is 0 Å². The predicted octanol–water partition coefficient (Wildman–Crippen LogP) is 3.83. The average Bonchev–Trinajstić information content (AvgIpc) is 3.30. The molecule has 0 aliphatic carbocycles. The van der Waals surface area contributed by atoms with Crippen molar-refractivity contribution in [2.24, 2.45) is 0 Å². The lowest BCUT2D eigenvalue weighted by molar-refractivity contribution is -0.113. The number of hydrogen-bond donors (Lipinski definition) is 1. The largest absolute Gasteiger partial charge is 0.497 e. The van der Waals surface area contributed by atoms with E-state index in [1.807, 2.05) is 13.8 Å². The molecule has 4 rings (SSSR count). The molecule has 0 fully saturated rings. The van der Waals surface area contributed by atoms with Crippen LogP contribution in [0.25, 0.3) is 15.3 Å². The Kier molecular flexibility index (Phi) is 5.74. The molecule has 1 amide bonds. The second-order valence-electron chi connectivity index (χ2n) is 7.49. The number of amides is 1. The summed E-state index contributed by atoms with van der Waals surface area (Å²) in [6, 6.07) is 11.7. The van der Waals surface area contributed by atoms with Crippen LogP contribution >= 0.6 is 11.3 Å². The Hall–Kier alpha value is -3.24. The minimum absolute atomic E-state index is 0.0511. The zero-order chi connectivity index (χ0) is 23.0. The highest BCUT2D eigenvalue weighted by Crippen LogP contribution is 2.30. The number of anilines is 1. The van der Waals surface area contributed by atoms with Crippen LogP contribution in [0.4, 0.5) is 5.82 Å². The van der Waals surface area contributed by atoms with E-state index in [2.05, 4.69) is 27.5 Å². The normalized spacial score (nSPS) is 11.6. The maximum absolute atomic E-state index is 12.6. The summed E-state index contributed by atoms with van der Waals surface area (Å²) >= 11 is 1.45. The summed E-state index contributed by atoms with van der Waals surface area (Å²) in [6.45, 7) is 5.82. The summed E-state index contributed by atoms with van der Waals surface area (Å²) in [5.41, 5.74) is 3.75. The minimum Gasteiger partial charge on any atom is -0.497 e. The highest BCUT2D eigenvalue weighted by Gasteiger charge is 2.22. The molecule has 0 aliphatic heterocycles. The number of methoxy groups -OCH3 is 1. The number of fused-ring (bicyclic) bond motifs is 1. The first-order valence-corrected chi connectivity index (χ1v) is 12.2. The van der Waals surface area contributed by atoms with Crippen LogP contribution < -0.4 is 10.1 Å². The molecule has 2 aromatic carbocycles. The van der Waals surface area contributed by atoms with E-state index in [1.54, 1.807) is 25.1 Å². The average molecular weight is 471 g/mol. The fourth-order valence-corrected chi connectivity index (χ4v) is 5.64. The number of benzene rings is 2. The zero-order valence-corrected chi connectivity index (χ0v) is 19.7. The van der Waals surface area contributed by atoms with Crippen molar-refractivity contribution in [1.29, 1.82) is 0 Å². The number of carbonyl (C=O) groups excluding carboxylic acids is 1. The van der Waals surface area contributed by atoms with Crippen molar-refractivity contribution < 1.29 is 17.9 Å². The van der Waals surface area contributed by atoms with Gasteiger partial charge in [-0.05, 0) is 62.2 Å². The Balaban J connectivity index is 1.59. The van der Waals surface area contributed by atoms with E-state index >= 15 is 0 Å². The number of carbonyl (C=O) groups is 1. The molecule has 166 valence electrons. The van der Waals surface area contributed by atoms with Gasteiger partial charge in [-0.25, -0.2) is 13.4 Å². The third-order valence-electron chi connectivity index (χ3n) is 4.84. The molecule has 32 heavy (non-hydrogen) atoms. The molecule has 0 saturated carbocycles. The van der Waals surface area contributed by atoms with Crippen molar-refractivity contribution >= 4 is 43.1 Å². The van der Waals surface area contributed by atoms with E-state index in [1.165, 1.54) is 35.3 Å². The third kappa shape index (κ3) is 4.37. The van der Waals surface area contributed by atoms with Crippen LogP contribution in [0.3, 0.4) is 0 Å². The lowest BCUT2D eigenvalue weighted by Crippen LogP contribution is -2.24. The molecule has 0 saturated heterocycles. The number of nitrogens with one attached hydrogen (secondary N) is 1. The lowest BCUT2D eigenvalue weighted by atomic mass is 10.1. The van der Waals surface area contributed by atoms with Gasteiger partial charge in [-0.1, -0.05) is 17.4 Å². The maximum Gasteiger partial charge on any atom is 0.241 e. The zero-order valence-electron chi connectivity index (χ0n) is 18.0. The van der Waals surface area contributed by atoms with Crippen LogP contribution in [-0.2, 0) is 14.6 Å². The van der Waals surface area contributed by atoms with Gasteiger partial charge < -0.3 is 10.1 Å². The second-order valence-corrected chi connectivity index (χ2v) is 10.5. The van der Waals surface area contributed by atoms with Crippen LogP contribution in [0, 0.1) is 20.8 Å². The molecule has 0 atom stereocenters. The minimum atomic E-state index is -3.82. The van der Waals surface area contributed by atoms with Gasteiger partial charge in [0.15, 0.2) is 9.84 Å². The highest BCUT2D eigenvalue weighted by atomic mass is 32.2. The Morgan fingerprint density at radius 2 is 1.84 bits per heavy atom. The number of ether oxygens (including phenoxy) is 1. The van der Waals surface area contributed by atoms with Gasteiger partial charge in [0.25, 0.3) is 0 Å². The predicted molar refractivity (Wildman–Crippen MR) is 125 cm³/mol. The molecule has 2 heterocycles. The quantitative estimate of drug-likeness (QED) is 0.459. The summed E-state index contributed by atoms with van der Waals surface area (Å²) in [4.78, 5) is 17.3. The number of aromatic nitrogens is 3. The SMILES string of the molecule is COc1ccc(S(=O)(=O)CC(=O)Nc2cc(C)nn2-c2nc3c(C)cc(C)cc3s2)cc1. The van der Waals surface area contributed by atoms with E-state index in [9.17, 15) is 13.2 Å². The summed E-state index contributed by atoms with van der Waals surface area (Å²) < 4.78 is 32.9.